The second-order valence-electron chi connectivity index (χ2n) is 5.52. The van der Waals surface area contributed by atoms with Crippen molar-refractivity contribution in [3.05, 3.63) is 81.5 Å². The Bertz CT molecular complexity index is 909. The van der Waals surface area contributed by atoms with E-state index in [4.69, 9.17) is 11.6 Å². The van der Waals surface area contributed by atoms with Gasteiger partial charge in [-0.15, -0.1) is 11.3 Å². The molecule has 0 bridgehead atoms. The van der Waals surface area contributed by atoms with Gasteiger partial charge in [0.25, 0.3) is 11.8 Å². The van der Waals surface area contributed by atoms with Gasteiger partial charge in [0.15, 0.2) is 0 Å². The van der Waals surface area contributed by atoms with E-state index in [1.807, 2.05) is 41.8 Å². The summed E-state index contributed by atoms with van der Waals surface area (Å²) in [7, 11) is 0. The Morgan fingerprint density at radius 1 is 0.846 bits per heavy atom. The first-order valence-electron chi connectivity index (χ1n) is 8.10. The SMILES string of the molecule is O=C(NCCNC(=O)c1sccc1-c1ccccc1)c1ccccc1Cl. The van der Waals surface area contributed by atoms with Gasteiger partial charge in [0.1, 0.15) is 0 Å². The maximum atomic E-state index is 12.4. The van der Waals surface area contributed by atoms with Crippen LogP contribution in [0.5, 0.6) is 0 Å². The fourth-order valence-corrected chi connectivity index (χ4v) is 3.56. The molecule has 0 aliphatic heterocycles. The van der Waals surface area contributed by atoms with E-state index >= 15 is 0 Å². The summed E-state index contributed by atoms with van der Waals surface area (Å²) in [6, 6.07) is 18.6. The number of carbonyl (C=O) groups is 2. The quantitative estimate of drug-likeness (QED) is 0.625. The van der Waals surface area contributed by atoms with Gasteiger partial charge in [-0.3, -0.25) is 9.59 Å². The number of nitrogens with one attached hydrogen (secondary N) is 2. The maximum Gasteiger partial charge on any atom is 0.262 e. The van der Waals surface area contributed by atoms with Crippen molar-refractivity contribution in [2.75, 3.05) is 13.1 Å². The van der Waals surface area contributed by atoms with E-state index in [2.05, 4.69) is 10.6 Å². The summed E-state index contributed by atoms with van der Waals surface area (Å²) in [5.74, 6) is -0.406. The van der Waals surface area contributed by atoms with E-state index in [-0.39, 0.29) is 11.8 Å². The van der Waals surface area contributed by atoms with E-state index in [1.165, 1.54) is 11.3 Å². The summed E-state index contributed by atoms with van der Waals surface area (Å²) in [5.41, 5.74) is 2.34. The molecule has 2 amide bonds. The molecule has 0 fully saturated rings. The molecule has 0 saturated heterocycles. The van der Waals surface area contributed by atoms with Gasteiger partial charge in [-0.1, -0.05) is 54.1 Å². The first-order chi connectivity index (χ1) is 12.7. The van der Waals surface area contributed by atoms with Crippen molar-refractivity contribution in [1.29, 1.82) is 0 Å². The lowest BCUT2D eigenvalue weighted by molar-refractivity contribution is 0.0930. The van der Waals surface area contributed by atoms with Crippen molar-refractivity contribution in [1.82, 2.24) is 10.6 Å². The van der Waals surface area contributed by atoms with Crippen LogP contribution in [0.3, 0.4) is 0 Å². The molecule has 132 valence electrons. The monoisotopic (exact) mass is 384 g/mol. The first-order valence-corrected chi connectivity index (χ1v) is 9.36. The zero-order valence-electron chi connectivity index (χ0n) is 13.9. The van der Waals surface area contributed by atoms with Gasteiger partial charge in [-0.05, 0) is 29.1 Å². The molecule has 0 atom stereocenters. The van der Waals surface area contributed by atoms with Crippen molar-refractivity contribution in [3.8, 4) is 11.1 Å². The molecule has 4 nitrogen and oxygen atoms in total. The summed E-state index contributed by atoms with van der Waals surface area (Å²) < 4.78 is 0. The number of rotatable bonds is 6. The van der Waals surface area contributed by atoms with Gasteiger partial charge in [0.05, 0.1) is 15.5 Å². The Kier molecular flexibility index (Phi) is 6.04. The average Bonchev–Trinajstić information content (AvgIpc) is 3.16. The van der Waals surface area contributed by atoms with E-state index < -0.39 is 0 Å². The van der Waals surface area contributed by atoms with Crippen molar-refractivity contribution in [3.63, 3.8) is 0 Å². The third-order valence-corrected chi connectivity index (χ3v) is 5.01. The molecular formula is C20H17ClN2O2S. The molecule has 1 heterocycles. The summed E-state index contributed by atoms with van der Waals surface area (Å²) in [6.07, 6.45) is 0. The van der Waals surface area contributed by atoms with E-state index in [1.54, 1.807) is 24.3 Å². The molecule has 6 heteroatoms. The van der Waals surface area contributed by atoms with Crippen LogP contribution >= 0.6 is 22.9 Å². The topological polar surface area (TPSA) is 58.2 Å². The molecule has 3 rings (SSSR count). The molecule has 2 aromatic carbocycles. The summed E-state index contributed by atoms with van der Waals surface area (Å²) in [6.45, 7) is 0.656. The smallest absolute Gasteiger partial charge is 0.262 e. The summed E-state index contributed by atoms with van der Waals surface area (Å²) in [5, 5.41) is 7.89. The van der Waals surface area contributed by atoms with E-state index in [0.29, 0.717) is 28.6 Å². The van der Waals surface area contributed by atoms with Crippen LogP contribution in [0, 0.1) is 0 Å². The van der Waals surface area contributed by atoms with Crippen LogP contribution in [-0.4, -0.2) is 24.9 Å². The Morgan fingerprint density at radius 3 is 2.23 bits per heavy atom. The van der Waals surface area contributed by atoms with Crippen LogP contribution in [0.1, 0.15) is 20.0 Å². The molecule has 3 aromatic rings. The van der Waals surface area contributed by atoms with Crippen molar-refractivity contribution in [2.45, 2.75) is 0 Å². The van der Waals surface area contributed by atoms with Crippen LogP contribution in [0.4, 0.5) is 0 Å². The average molecular weight is 385 g/mol. The zero-order chi connectivity index (χ0) is 18.4. The maximum absolute atomic E-state index is 12.4. The molecule has 0 saturated carbocycles. The predicted molar refractivity (Wildman–Crippen MR) is 106 cm³/mol. The highest BCUT2D eigenvalue weighted by molar-refractivity contribution is 7.12. The highest BCUT2D eigenvalue weighted by Crippen LogP contribution is 2.27. The summed E-state index contributed by atoms with van der Waals surface area (Å²) >= 11 is 7.40. The number of benzene rings is 2. The Balaban J connectivity index is 1.54. The number of thiophene rings is 1. The fraction of sp³-hybridized carbons (Fsp3) is 0.100. The van der Waals surface area contributed by atoms with Crippen LogP contribution in [0.25, 0.3) is 11.1 Å². The number of halogens is 1. The highest BCUT2D eigenvalue weighted by atomic mass is 35.5. The number of amides is 2. The van der Waals surface area contributed by atoms with Crippen LogP contribution in [0.2, 0.25) is 5.02 Å². The lowest BCUT2D eigenvalue weighted by Crippen LogP contribution is -2.34. The lowest BCUT2D eigenvalue weighted by atomic mass is 10.1. The molecule has 26 heavy (non-hydrogen) atoms. The minimum atomic E-state index is -0.258. The molecular weight excluding hydrogens is 368 g/mol. The molecule has 0 aliphatic rings. The highest BCUT2D eigenvalue weighted by Gasteiger charge is 2.14. The first kappa shape index (κ1) is 18.2. The van der Waals surface area contributed by atoms with E-state index in [9.17, 15) is 9.59 Å². The largest absolute Gasteiger partial charge is 0.350 e. The standard InChI is InChI=1S/C20H17ClN2O2S/c21-17-9-5-4-8-16(17)19(24)22-11-12-23-20(25)18-15(10-13-26-18)14-6-2-1-3-7-14/h1-10,13H,11-12H2,(H,22,24)(H,23,25). The van der Waals surface area contributed by atoms with Crippen LogP contribution in [-0.2, 0) is 0 Å². The normalized spacial score (nSPS) is 10.3. The predicted octanol–water partition coefficient (Wildman–Crippen LogP) is 4.23. The van der Waals surface area contributed by atoms with Crippen molar-refractivity contribution in [2.24, 2.45) is 0 Å². The van der Waals surface area contributed by atoms with Gasteiger partial charge in [-0.25, -0.2) is 0 Å². The van der Waals surface area contributed by atoms with Crippen molar-refractivity contribution >= 4 is 34.8 Å². The minimum absolute atomic E-state index is 0.147. The van der Waals surface area contributed by atoms with E-state index in [0.717, 1.165) is 11.1 Å². The zero-order valence-corrected chi connectivity index (χ0v) is 15.4. The fourth-order valence-electron chi connectivity index (χ4n) is 2.50. The third-order valence-electron chi connectivity index (χ3n) is 3.77. The second-order valence-corrected chi connectivity index (χ2v) is 6.84. The van der Waals surface area contributed by atoms with Crippen LogP contribution in [0.15, 0.2) is 66.0 Å². The Labute approximate surface area is 160 Å². The third kappa shape index (κ3) is 4.31. The number of hydrogen-bond acceptors (Lipinski definition) is 3. The summed E-state index contributed by atoms with van der Waals surface area (Å²) in [4.78, 5) is 25.2. The molecule has 1 aromatic heterocycles. The van der Waals surface area contributed by atoms with Gasteiger partial charge in [0.2, 0.25) is 0 Å². The molecule has 0 unspecified atom stereocenters. The number of carbonyl (C=O) groups excluding carboxylic acids is 2. The van der Waals surface area contributed by atoms with Gasteiger partial charge < -0.3 is 10.6 Å². The second kappa shape index (κ2) is 8.65. The number of hydrogen-bond donors (Lipinski definition) is 2. The Hall–Kier alpha value is -2.63. The lowest BCUT2D eigenvalue weighted by Gasteiger charge is -2.08. The van der Waals surface area contributed by atoms with Gasteiger partial charge in [0, 0.05) is 18.7 Å². The molecule has 2 N–H and O–H groups in total. The van der Waals surface area contributed by atoms with Gasteiger partial charge in [-0.2, -0.15) is 0 Å². The molecule has 0 aliphatic carbocycles. The molecule has 0 radical (unpaired) electrons. The molecule has 0 spiro atoms. The van der Waals surface area contributed by atoms with Gasteiger partial charge >= 0.3 is 0 Å². The Morgan fingerprint density at radius 2 is 1.50 bits per heavy atom. The van der Waals surface area contributed by atoms with Crippen molar-refractivity contribution < 1.29 is 9.59 Å². The van der Waals surface area contributed by atoms with Crippen LogP contribution < -0.4 is 10.6 Å². The minimum Gasteiger partial charge on any atom is -0.350 e.